The molecule has 100 valence electrons. The van der Waals surface area contributed by atoms with Crippen molar-refractivity contribution in [1.29, 1.82) is 0 Å². The van der Waals surface area contributed by atoms with Crippen LogP contribution >= 0.6 is 0 Å². The van der Waals surface area contributed by atoms with Crippen molar-refractivity contribution in [3.63, 3.8) is 0 Å². The summed E-state index contributed by atoms with van der Waals surface area (Å²) in [6.45, 7) is 0. The topological polar surface area (TPSA) is 83.5 Å². The summed E-state index contributed by atoms with van der Waals surface area (Å²) in [6, 6.07) is 1.69. The van der Waals surface area contributed by atoms with E-state index in [0.29, 0.717) is 24.5 Å². The molecular formula is C9H8F3NO4S. The first-order valence-corrected chi connectivity index (χ1v) is 6.32. The molecule has 5 nitrogen and oxygen atoms in total. The second-order valence-electron chi connectivity index (χ2n) is 3.44. The predicted molar refractivity (Wildman–Crippen MR) is 56.9 cm³/mol. The molecule has 0 aliphatic rings. The van der Waals surface area contributed by atoms with Gasteiger partial charge in [-0.1, -0.05) is 0 Å². The first-order chi connectivity index (χ1) is 8.00. The third-order valence-electron chi connectivity index (χ3n) is 1.87. The number of nitrogens with one attached hydrogen (secondary N) is 1. The van der Waals surface area contributed by atoms with Gasteiger partial charge >= 0.3 is 12.1 Å². The van der Waals surface area contributed by atoms with Crippen molar-refractivity contribution < 1.29 is 31.5 Å². The van der Waals surface area contributed by atoms with E-state index in [4.69, 9.17) is 5.11 Å². The van der Waals surface area contributed by atoms with Gasteiger partial charge in [-0.3, -0.25) is 4.72 Å². The molecule has 2 N–H and O–H groups in total. The number of alkyl halides is 3. The molecule has 0 aliphatic heterocycles. The van der Waals surface area contributed by atoms with E-state index in [1.54, 1.807) is 4.72 Å². The summed E-state index contributed by atoms with van der Waals surface area (Å²) < 4.78 is 60.9. The van der Waals surface area contributed by atoms with Gasteiger partial charge in [0.25, 0.3) is 0 Å². The van der Waals surface area contributed by atoms with Gasteiger partial charge in [0, 0.05) is 0 Å². The number of sulfonamides is 1. The highest BCUT2D eigenvalue weighted by atomic mass is 32.2. The van der Waals surface area contributed by atoms with Crippen LogP contribution in [0.5, 0.6) is 0 Å². The Bertz CT molecular complexity index is 580. The number of hydrogen-bond donors (Lipinski definition) is 2. The van der Waals surface area contributed by atoms with Gasteiger partial charge in [0.05, 0.1) is 23.1 Å². The summed E-state index contributed by atoms with van der Waals surface area (Å²) in [7, 11) is -3.88. The minimum atomic E-state index is -4.69. The number of rotatable bonds is 3. The molecule has 0 fully saturated rings. The van der Waals surface area contributed by atoms with Crippen LogP contribution in [0.1, 0.15) is 15.9 Å². The van der Waals surface area contributed by atoms with Crippen LogP contribution in [0.15, 0.2) is 18.2 Å². The van der Waals surface area contributed by atoms with E-state index in [2.05, 4.69) is 0 Å². The van der Waals surface area contributed by atoms with Crippen molar-refractivity contribution in [2.24, 2.45) is 0 Å². The quantitative estimate of drug-likeness (QED) is 0.885. The fourth-order valence-corrected chi connectivity index (χ4v) is 1.76. The Morgan fingerprint density at radius 2 is 1.89 bits per heavy atom. The zero-order chi connectivity index (χ0) is 14.1. The van der Waals surface area contributed by atoms with Gasteiger partial charge in [-0.05, 0) is 18.2 Å². The van der Waals surface area contributed by atoms with Crippen LogP contribution in [-0.4, -0.2) is 25.7 Å². The van der Waals surface area contributed by atoms with E-state index in [-0.39, 0.29) is 0 Å². The van der Waals surface area contributed by atoms with Crippen molar-refractivity contribution in [2.75, 3.05) is 11.0 Å². The van der Waals surface area contributed by atoms with Crippen molar-refractivity contribution in [3.8, 4) is 0 Å². The number of benzene rings is 1. The Morgan fingerprint density at radius 3 is 2.28 bits per heavy atom. The number of halogens is 3. The summed E-state index contributed by atoms with van der Waals surface area (Å²) in [5.74, 6) is -1.53. The van der Waals surface area contributed by atoms with Crippen LogP contribution in [-0.2, 0) is 16.2 Å². The molecule has 0 unspecified atom stereocenters. The van der Waals surface area contributed by atoms with Gasteiger partial charge in [-0.2, -0.15) is 13.2 Å². The SMILES string of the molecule is CS(=O)(=O)Nc1cc(C(F)(F)F)ccc1C(=O)O. The van der Waals surface area contributed by atoms with Crippen LogP contribution < -0.4 is 4.72 Å². The molecule has 0 amide bonds. The van der Waals surface area contributed by atoms with Crippen molar-refractivity contribution in [3.05, 3.63) is 29.3 Å². The summed E-state index contributed by atoms with van der Waals surface area (Å²) in [5.41, 5.74) is -2.33. The third-order valence-corrected chi connectivity index (χ3v) is 2.46. The van der Waals surface area contributed by atoms with Gasteiger partial charge in [0.1, 0.15) is 0 Å². The van der Waals surface area contributed by atoms with Gasteiger partial charge in [-0.15, -0.1) is 0 Å². The summed E-state index contributed by atoms with van der Waals surface area (Å²) >= 11 is 0. The molecule has 0 heterocycles. The molecule has 0 saturated carbocycles. The van der Waals surface area contributed by atoms with E-state index >= 15 is 0 Å². The van der Waals surface area contributed by atoms with Crippen molar-refractivity contribution in [2.45, 2.75) is 6.18 Å². The standard InChI is InChI=1S/C9H8F3NO4S/c1-18(16,17)13-7-4-5(9(10,11)12)2-3-6(7)8(14)15/h2-4,13H,1H3,(H,14,15). The second kappa shape index (κ2) is 4.48. The number of carboxylic acids is 1. The molecule has 0 aliphatic carbocycles. The molecule has 0 bridgehead atoms. The maximum Gasteiger partial charge on any atom is 0.416 e. The Labute approximate surface area is 100 Å². The van der Waals surface area contributed by atoms with Gasteiger partial charge in [0.15, 0.2) is 0 Å². The number of hydrogen-bond acceptors (Lipinski definition) is 3. The van der Waals surface area contributed by atoms with Crippen molar-refractivity contribution in [1.82, 2.24) is 0 Å². The average molecular weight is 283 g/mol. The Hall–Kier alpha value is -1.77. The van der Waals surface area contributed by atoms with Crippen LogP contribution in [0, 0.1) is 0 Å². The number of carbonyl (C=O) groups is 1. The lowest BCUT2D eigenvalue weighted by molar-refractivity contribution is -0.137. The zero-order valence-corrected chi connectivity index (χ0v) is 9.76. The molecule has 0 spiro atoms. The van der Waals surface area contributed by atoms with Crippen LogP contribution in [0.3, 0.4) is 0 Å². The highest BCUT2D eigenvalue weighted by molar-refractivity contribution is 7.92. The van der Waals surface area contributed by atoms with Gasteiger partial charge < -0.3 is 5.11 Å². The molecule has 0 atom stereocenters. The first-order valence-electron chi connectivity index (χ1n) is 4.43. The summed E-state index contributed by atoms with van der Waals surface area (Å²) in [5, 5.41) is 8.74. The summed E-state index contributed by atoms with van der Waals surface area (Å²) in [6.07, 6.45) is -3.98. The zero-order valence-electron chi connectivity index (χ0n) is 8.95. The highest BCUT2D eigenvalue weighted by Crippen LogP contribution is 2.32. The molecule has 1 aromatic rings. The van der Waals surface area contributed by atoms with Crippen LogP contribution in [0.4, 0.5) is 18.9 Å². The maximum absolute atomic E-state index is 12.4. The Balaban J connectivity index is 3.38. The Kier molecular flexibility index (Phi) is 3.56. The lowest BCUT2D eigenvalue weighted by Gasteiger charge is -2.12. The van der Waals surface area contributed by atoms with Gasteiger partial charge in [0.2, 0.25) is 10.0 Å². The molecule has 9 heteroatoms. The van der Waals surface area contributed by atoms with Crippen molar-refractivity contribution >= 4 is 21.7 Å². The van der Waals surface area contributed by atoms with E-state index in [1.807, 2.05) is 0 Å². The minimum Gasteiger partial charge on any atom is -0.478 e. The molecule has 1 rings (SSSR count). The molecular weight excluding hydrogens is 275 g/mol. The average Bonchev–Trinajstić information content (AvgIpc) is 2.12. The molecule has 0 radical (unpaired) electrons. The normalized spacial score (nSPS) is 12.2. The highest BCUT2D eigenvalue weighted by Gasteiger charge is 2.31. The predicted octanol–water partition coefficient (Wildman–Crippen LogP) is 1.78. The Morgan fingerprint density at radius 1 is 1.33 bits per heavy atom. The number of aromatic carboxylic acids is 1. The van der Waals surface area contributed by atoms with E-state index in [0.717, 1.165) is 0 Å². The fourth-order valence-electron chi connectivity index (χ4n) is 1.19. The number of anilines is 1. The minimum absolute atomic E-state index is 0.435. The van der Waals surface area contributed by atoms with E-state index < -0.39 is 39.0 Å². The molecule has 1 aromatic carbocycles. The smallest absolute Gasteiger partial charge is 0.416 e. The fraction of sp³-hybridized carbons (Fsp3) is 0.222. The lowest BCUT2D eigenvalue weighted by Crippen LogP contribution is -2.15. The second-order valence-corrected chi connectivity index (χ2v) is 5.19. The third kappa shape index (κ3) is 3.62. The molecule has 0 saturated heterocycles. The first kappa shape index (κ1) is 14.3. The van der Waals surface area contributed by atoms with Gasteiger partial charge in [-0.25, -0.2) is 13.2 Å². The van der Waals surface area contributed by atoms with Crippen LogP contribution in [0.25, 0.3) is 0 Å². The monoisotopic (exact) mass is 283 g/mol. The largest absolute Gasteiger partial charge is 0.478 e. The number of carboxylic acid groups (broad SMARTS) is 1. The molecule has 0 aromatic heterocycles. The van der Waals surface area contributed by atoms with E-state index in [1.165, 1.54) is 0 Å². The van der Waals surface area contributed by atoms with E-state index in [9.17, 15) is 26.4 Å². The summed E-state index contributed by atoms with van der Waals surface area (Å²) in [4.78, 5) is 10.8. The maximum atomic E-state index is 12.4. The van der Waals surface area contributed by atoms with Crippen LogP contribution in [0.2, 0.25) is 0 Å². The lowest BCUT2D eigenvalue weighted by atomic mass is 10.1. The molecule has 18 heavy (non-hydrogen) atoms.